The molecule has 0 bridgehead atoms. The molecule has 2 aromatic heterocycles. The van der Waals surface area contributed by atoms with Crippen LogP contribution < -0.4 is 5.73 Å². The zero-order chi connectivity index (χ0) is 16.7. The third-order valence-electron chi connectivity index (χ3n) is 3.08. The van der Waals surface area contributed by atoms with Gasteiger partial charge in [-0.05, 0) is 23.8 Å². The summed E-state index contributed by atoms with van der Waals surface area (Å²) in [5.74, 6) is -0.455. The first kappa shape index (κ1) is 17.2. The molecule has 23 heavy (non-hydrogen) atoms. The van der Waals surface area contributed by atoms with E-state index in [2.05, 4.69) is 9.97 Å². The highest BCUT2D eigenvalue weighted by atomic mass is 127. The highest BCUT2D eigenvalue weighted by Crippen LogP contribution is 2.42. The van der Waals surface area contributed by atoms with E-state index in [4.69, 9.17) is 40.5 Å². The number of aromatic nitrogens is 2. The van der Waals surface area contributed by atoms with Crippen molar-refractivity contribution in [2.24, 2.45) is 5.73 Å². The Hall–Kier alpha value is -0.670. The van der Waals surface area contributed by atoms with E-state index in [1.165, 1.54) is 11.3 Å². The van der Waals surface area contributed by atoms with Gasteiger partial charge in [-0.2, -0.15) is 0 Å². The van der Waals surface area contributed by atoms with Crippen molar-refractivity contribution in [1.82, 2.24) is 9.97 Å². The van der Waals surface area contributed by atoms with E-state index < -0.39 is 9.83 Å². The Morgan fingerprint density at radius 2 is 1.91 bits per heavy atom. The lowest BCUT2D eigenvalue weighted by Gasteiger charge is -2.10. The highest BCUT2D eigenvalue weighted by molar-refractivity contribution is 14.1. The first-order valence-electron chi connectivity index (χ1n) is 6.22. The predicted molar refractivity (Wildman–Crippen MR) is 104 cm³/mol. The van der Waals surface area contributed by atoms with Gasteiger partial charge in [-0.3, -0.25) is 4.79 Å². The van der Waals surface area contributed by atoms with Crippen molar-refractivity contribution in [3.8, 4) is 10.6 Å². The third-order valence-corrected chi connectivity index (χ3v) is 6.50. The van der Waals surface area contributed by atoms with Gasteiger partial charge in [0.15, 0.2) is 0 Å². The monoisotopic (exact) mass is 497 g/mol. The van der Waals surface area contributed by atoms with Crippen LogP contribution in [0.15, 0.2) is 24.4 Å². The van der Waals surface area contributed by atoms with Gasteiger partial charge in [0.2, 0.25) is 5.91 Å². The van der Waals surface area contributed by atoms with Crippen LogP contribution in [-0.2, 0) is 4.79 Å². The van der Waals surface area contributed by atoms with Crippen LogP contribution in [0, 0.1) is 0 Å². The Kier molecular flexibility index (Phi) is 4.98. The number of carbonyl (C=O) groups excluding carboxylic acids is 1. The second-order valence-electron chi connectivity index (χ2n) is 4.59. The molecule has 1 unspecified atom stereocenters. The van der Waals surface area contributed by atoms with E-state index >= 15 is 0 Å². The molecule has 118 valence electrons. The number of hydrogen-bond acceptors (Lipinski definition) is 4. The molecule has 3 aromatic rings. The summed E-state index contributed by atoms with van der Waals surface area (Å²) in [6, 6.07) is 5.12. The van der Waals surface area contributed by atoms with Gasteiger partial charge in [-0.15, -0.1) is 11.3 Å². The minimum Gasteiger partial charge on any atom is -0.368 e. The van der Waals surface area contributed by atoms with E-state index in [1.807, 2.05) is 22.6 Å². The van der Waals surface area contributed by atoms with Crippen LogP contribution in [0.5, 0.6) is 0 Å². The van der Waals surface area contributed by atoms with Crippen LogP contribution >= 0.6 is 68.7 Å². The molecule has 0 radical (unpaired) electrons. The second kappa shape index (κ2) is 6.68. The number of rotatable bonds is 3. The fourth-order valence-corrected chi connectivity index (χ4v) is 4.48. The molecule has 0 spiro atoms. The number of thiazole rings is 1. The second-order valence-corrected chi connectivity index (χ2v) is 8.01. The first-order valence-corrected chi connectivity index (χ1v) is 9.42. The molecular weight excluding hydrogens is 492 g/mol. The number of amides is 1. The van der Waals surface area contributed by atoms with Gasteiger partial charge in [0, 0.05) is 11.8 Å². The number of hydrogen-bond donors (Lipinski definition) is 1. The summed E-state index contributed by atoms with van der Waals surface area (Å²) in [5.41, 5.74) is 7.30. The summed E-state index contributed by atoms with van der Waals surface area (Å²) in [7, 11) is 0. The Balaban J connectivity index is 2.15. The number of primary amides is 1. The first-order chi connectivity index (χ1) is 10.9. The number of nitrogens with zero attached hydrogens (tertiary/aromatic N) is 2. The van der Waals surface area contributed by atoms with Gasteiger partial charge in [0.1, 0.15) is 14.1 Å². The lowest BCUT2D eigenvalue weighted by molar-refractivity contribution is -0.117. The fraction of sp³-hybridized carbons (Fsp3) is 0.0714. The maximum Gasteiger partial charge on any atom is 0.234 e. The zero-order valence-electron chi connectivity index (χ0n) is 11.2. The third kappa shape index (κ3) is 3.28. The highest BCUT2D eigenvalue weighted by Gasteiger charge is 2.20. The Morgan fingerprint density at radius 3 is 2.48 bits per heavy atom. The number of nitrogens with two attached hydrogens (primary N) is 1. The summed E-state index contributed by atoms with van der Waals surface area (Å²) in [6.45, 7) is 0. The van der Waals surface area contributed by atoms with Gasteiger partial charge >= 0.3 is 0 Å². The quantitative estimate of drug-likeness (QED) is 0.304. The SMILES string of the molecule is NC(=O)C(I)c1cc(Cl)c(-c2nc3ccnc(Cl)c3s2)c(Cl)c1. The molecule has 2 N–H and O–H groups in total. The topological polar surface area (TPSA) is 68.9 Å². The minimum absolute atomic E-state index is 0.385. The standard InChI is InChI=1S/C14H7Cl3IN3OS/c15-6-3-5(10(18)13(19)22)4-7(16)9(6)14-21-8-1-2-20-12(17)11(8)23-14/h1-4,10H,(H2,19,22). The summed E-state index contributed by atoms with van der Waals surface area (Å²) in [4.78, 5) is 19.9. The van der Waals surface area contributed by atoms with E-state index in [0.29, 0.717) is 31.3 Å². The van der Waals surface area contributed by atoms with E-state index in [1.54, 1.807) is 24.4 Å². The molecule has 1 atom stereocenters. The van der Waals surface area contributed by atoms with E-state index in [-0.39, 0.29) is 0 Å². The number of benzene rings is 1. The molecule has 1 aromatic carbocycles. The predicted octanol–water partition coefficient (Wildman–Crippen LogP) is 5.28. The average molecular weight is 499 g/mol. The van der Waals surface area contributed by atoms with Gasteiger partial charge < -0.3 is 5.73 Å². The zero-order valence-corrected chi connectivity index (χ0v) is 16.4. The van der Waals surface area contributed by atoms with Crippen LogP contribution in [0.25, 0.3) is 20.8 Å². The van der Waals surface area contributed by atoms with Crippen molar-refractivity contribution in [3.63, 3.8) is 0 Å². The number of halogens is 4. The van der Waals surface area contributed by atoms with Crippen molar-refractivity contribution < 1.29 is 4.79 Å². The lowest BCUT2D eigenvalue weighted by atomic mass is 10.1. The Morgan fingerprint density at radius 1 is 1.26 bits per heavy atom. The van der Waals surface area contributed by atoms with Gasteiger partial charge in [0.05, 0.1) is 20.3 Å². The Labute approximate surface area is 164 Å². The number of alkyl halides is 1. The maximum absolute atomic E-state index is 11.3. The Bertz CT molecular complexity index is 908. The molecule has 0 aliphatic heterocycles. The van der Waals surface area contributed by atoms with Crippen molar-refractivity contribution in [2.75, 3.05) is 0 Å². The molecule has 9 heteroatoms. The smallest absolute Gasteiger partial charge is 0.234 e. The average Bonchev–Trinajstić information content (AvgIpc) is 2.90. The number of carbonyl (C=O) groups is 1. The van der Waals surface area contributed by atoms with Gasteiger partial charge in [-0.1, -0.05) is 57.4 Å². The number of fused-ring (bicyclic) bond motifs is 1. The van der Waals surface area contributed by atoms with Crippen molar-refractivity contribution in [2.45, 2.75) is 3.92 Å². The van der Waals surface area contributed by atoms with E-state index in [0.717, 1.165) is 10.2 Å². The van der Waals surface area contributed by atoms with Crippen LogP contribution in [-0.4, -0.2) is 15.9 Å². The molecular formula is C14H7Cl3IN3OS. The molecule has 3 rings (SSSR count). The van der Waals surface area contributed by atoms with Crippen LogP contribution in [0.2, 0.25) is 15.2 Å². The van der Waals surface area contributed by atoms with Crippen LogP contribution in [0.3, 0.4) is 0 Å². The van der Waals surface area contributed by atoms with Gasteiger partial charge in [0.25, 0.3) is 0 Å². The molecule has 0 aliphatic carbocycles. The summed E-state index contributed by atoms with van der Waals surface area (Å²) < 4.78 is 0.259. The van der Waals surface area contributed by atoms with Gasteiger partial charge in [-0.25, -0.2) is 9.97 Å². The molecule has 4 nitrogen and oxygen atoms in total. The molecule has 1 amide bonds. The minimum atomic E-state index is -0.509. The van der Waals surface area contributed by atoms with Crippen molar-refractivity contribution >= 4 is 84.9 Å². The number of pyridine rings is 1. The normalized spacial score (nSPS) is 12.5. The molecule has 0 aliphatic rings. The largest absolute Gasteiger partial charge is 0.368 e. The van der Waals surface area contributed by atoms with Crippen LogP contribution in [0.1, 0.15) is 9.49 Å². The molecule has 0 fully saturated rings. The summed E-state index contributed by atoms with van der Waals surface area (Å²) >= 11 is 22.1. The fourth-order valence-electron chi connectivity index (χ4n) is 2.04. The van der Waals surface area contributed by atoms with Crippen molar-refractivity contribution in [3.05, 3.63) is 45.2 Å². The lowest BCUT2D eigenvalue weighted by Crippen LogP contribution is -2.16. The summed E-state index contributed by atoms with van der Waals surface area (Å²) in [6.07, 6.45) is 1.59. The molecule has 0 saturated carbocycles. The molecule has 0 saturated heterocycles. The van der Waals surface area contributed by atoms with Crippen molar-refractivity contribution in [1.29, 1.82) is 0 Å². The summed E-state index contributed by atoms with van der Waals surface area (Å²) in [5, 5.41) is 1.83. The maximum atomic E-state index is 11.3. The molecule has 2 heterocycles. The van der Waals surface area contributed by atoms with Crippen LogP contribution in [0.4, 0.5) is 0 Å². The van der Waals surface area contributed by atoms with E-state index in [9.17, 15) is 4.79 Å².